The number of aromatic nitrogens is 1. The van der Waals surface area contributed by atoms with E-state index in [0.717, 1.165) is 4.90 Å². The van der Waals surface area contributed by atoms with E-state index in [0.29, 0.717) is 11.3 Å². The zero-order chi connectivity index (χ0) is 19.2. The summed E-state index contributed by atoms with van der Waals surface area (Å²) in [7, 11) is 0. The summed E-state index contributed by atoms with van der Waals surface area (Å²) < 4.78 is 46.0. The van der Waals surface area contributed by atoms with Crippen LogP contribution in [-0.4, -0.2) is 35.6 Å². The Kier molecular flexibility index (Phi) is 4.01. The number of alkyl halides is 3. The first-order valence-corrected chi connectivity index (χ1v) is 8.21. The Hall–Kier alpha value is -3.10. The number of carbonyl (C=O) groups is 2. The first-order chi connectivity index (χ1) is 12.8. The van der Waals surface area contributed by atoms with E-state index in [1.807, 2.05) is 0 Å². The van der Waals surface area contributed by atoms with Crippen LogP contribution >= 0.6 is 0 Å². The van der Waals surface area contributed by atoms with Gasteiger partial charge in [-0.25, -0.2) is 0 Å². The van der Waals surface area contributed by atoms with E-state index in [9.17, 15) is 22.8 Å². The Bertz CT molecular complexity index is 916. The number of rotatable bonds is 1. The van der Waals surface area contributed by atoms with Crippen LogP contribution in [0.3, 0.4) is 0 Å². The van der Waals surface area contributed by atoms with Gasteiger partial charge in [-0.3, -0.25) is 14.6 Å². The van der Waals surface area contributed by atoms with Crippen molar-refractivity contribution in [2.75, 3.05) is 16.8 Å². The zero-order valence-electron chi connectivity index (χ0n) is 13.9. The smallest absolute Gasteiger partial charge is 0.426 e. The lowest BCUT2D eigenvalue weighted by Gasteiger charge is -2.37. The van der Waals surface area contributed by atoms with Crippen molar-refractivity contribution in [2.24, 2.45) is 5.92 Å². The molecule has 3 heterocycles. The average Bonchev–Trinajstić information content (AvgIpc) is 2.65. The molecule has 0 saturated heterocycles. The maximum Gasteiger partial charge on any atom is 0.426 e. The normalized spacial score (nSPS) is 21.6. The fourth-order valence-corrected chi connectivity index (χ4v) is 3.40. The van der Waals surface area contributed by atoms with Gasteiger partial charge >= 0.3 is 6.18 Å². The molecule has 0 bridgehead atoms. The molecule has 6 nitrogen and oxygen atoms in total. The number of hydrogen-bond acceptors (Lipinski definition) is 4. The van der Waals surface area contributed by atoms with Crippen molar-refractivity contribution in [1.82, 2.24) is 4.98 Å². The summed E-state index contributed by atoms with van der Waals surface area (Å²) in [6.07, 6.45) is -4.38. The Morgan fingerprint density at radius 2 is 2.04 bits per heavy atom. The molecule has 140 valence electrons. The minimum Gasteiger partial charge on any atom is -0.480 e. The van der Waals surface area contributed by atoms with Crippen LogP contribution in [0.5, 0.6) is 5.75 Å². The Morgan fingerprint density at radius 1 is 1.26 bits per heavy atom. The molecule has 9 heteroatoms. The van der Waals surface area contributed by atoms with Crippen molar-refractivity contribution >= 4 is 23.2 Å². The van der Waals surface area contributed by atoms with Crippen LogP contribution in [0.4, 0.5) is 24.5 Å². The summed E-state index contributed by atoms with van der Waals surface area (Å²) >= 11 is 0. The van der Waals surface area contributed by atoms with Crippen molar-refractivity contribution in [1.29, 1.82) is 0 Å². The number of ether oxygens (including phenoxy) is 1. The largest absolute Gasteiger partial charge is 0.480 e. The summed E-state index contributed by atoms with van der Waals surface area (Å²) in [5, 5.41) is 2.56. The predicted molar refractivity (Wildman–Crippen MR) is 89.3 cm³/mol. The van der Waals surface area contributed by atoms with Gasteiger partial charge in [0.1, 0.15) is 12.3 Å². The number of amides is 2. The van der Waals surface area contributed by atoms with Crippen LogP contribution < -0.4 is 15.0 Å². The standard InChI is InChI=1S/C18H14F3N3O3/c19-18(20,21)16-11(7-10-3-1-2-4-14(10)27-16)17(26)24-9-15(25)23-12-8-22-6-5-13(12)24/h1-6,8,11,16H,7,9H2,(H,23,25)/t11-,16-/m1/s1. The number of halogens is 3. The summed E-state index contributed by atoms with van der Waals surface area (Å²) in [6.45, 7) is -0.363. The second kappa shape index (κ2) is 6.26. The Balaban J connectivity index is 1.73. The summed E-state index contributed by atoms with van der Waals surface area (Å²) in [5.74, 6) is -2.68. The van der Waals surface area contributed by atoms with Gasteiger partial charge in [-0.2, -0.15) is 13.2 Å². The van der Waals surface area contributed by atoms with Crippen LogP contribution in [0.2, 0.25) is 0 Å². The number of nitrogens with one attached hydrogen (secondary N) is 1. The molecule has 0 aliphatic carbocycles. The van der Waals surface area contributed by atoms with E-state index in [1.54, 1.807) is 18.2 Å². The fourth-order valence-electron chi connectivity index (χ4n) is 3.40. The molecule has 2 amide bonds. The van der Waals surface area contributed by atoms with Crippen LogP contribution in [0.15, 0.2) is 42.7 Å². The third-order valence-electron chi connectivity index (χ3n) is 4.60. The van der Waals surface area contributed by atoms with Gasteiger partial charge in [-0.05, 0) is 24.1 Å². The number of hydrogen-bond donors (Lipinski definition) is 1. The molecule has 1 aromatic carbocycles. The van der Waals surface area contributed by atoms with E-state index in [1.165, 1.54) is 24.5 Å². The molecule has 2 aliphatic rings. The molecular formula is C18H14F3N3O3. The highest BCUT2D eigenvalue weighted by molar-refractivity contribution is 6.10. The van der Waals surface area contributed by atoms with Crippen LogP contribution in [0.25, 0.3) is 0 Å². The third-order valence-corrected chi connectivity index (χ3v) is 4.60. The highest BCUT2D eigenvalue weighted by atomic mass is 19.4. The van der Waals surface area contributed by atoms with E-state index >= 15 is 0 Å². The highest BCUT2D eigenvalue weighted by Crippen LogP contribution is 2.40. The highest BCUT2D eigenvalue weighted by Gasteiger charge is 2.53. The topological polar surface area (TPSA) is 71.5 Å². The van der Waals surface area contributed by atoms with E-state index < -0.39 is 30.0 Å². The van der Waals surface area contributed by atoms with Gasteiger partial charge in [0.15, 0.2) is 0 Å². The lowest BCUT2D eigenvalue weighted by Crippen LogP contribution is -2.54. The van der Waals surface area contributed by atoms with Crippen molar-refractivity contribution in [2.45, 2.75) is 18.7 Å². The van der Waals surface area contributed by atoms with Gasteiger partial charge in [0.25, 0.3) is 0 Å². The molecule has 0 unspecified atom stereocenters. The lowest BCUT2D eigenvalue weighted by molar-refractivity contribution is -0.213. The van der Waals surface area contributed by atoms with Gasteiger partial charge in [-0.1, -0.05) is 18.2 Å². The summed E-state index contributed by atoms with van der Waals surface area (Å²) in [6, 6.07) is 7.81. The van der Waals surface area contributed by atoms with Gasteiger partial charge in [0.05, 0.1) is 23.5 Å². The SMILES string of the molecule is O=C1CN(C(=O)[C@@H]2Cc3ccccc3O[C@H]2C(F)(F)F)c2ccncc2N1. The molecule has 27 heavy (non-hydrogen) atoms. The fraction of sp³-hybridized carbons (Fsp3) is 0.278. The monoisotopic (exact) mass is 377 g/mol. The average molecular weight is 377 g/mol. The molecule has 0 saturated carbocycles. The first-order valence-electron chi connectivity index (χ1n) is 8.21. The van der Waals surface area contributed by atoms with E-state index in [2.05, 4.69) is 10.3 Å². The number of carbonyl (C=O) groups excluding carboxylic acids is 2. The number of benzene rings is 1. The minimum absolute atomic E-state index is 0.116. The Morgan fingerprint density at radius 3 is 2.81 bits per heavy atom. The molecule has 2 aromatic rings. The molecule has 0 fully saturated rings. The van der Waals surface area contributed by atoms with E-state index in [4.69, 9.17) is 4.74 Å². The van der Waals surface area contributed by atoms with Crippen molar-refractivity contribution in [3.63, 3.8) is 0 Å². The second-order valence-corrected chi connectivity index (χ2v) is 6.36. The van der Waals surface area contributed by atoms with Gasteiger partial charge in [-0.15, -0.1) is 0 Å². The molecular weight excluding hydrogens is 363 g/mol. The molecule has 2 aliphatic heterocycles. The van der Waals surface area contributed by atoms with Crippen LogP contribution in [0.1, 0.15) is 5.56 Å². The summed E-state index contributed by atoms with van der Waals surface area (Å²) in [4.78, 5) is 29.9. The van der Waals surface area contributed by atoms with Crippen LogP contribution in [0, 0.1) is 5.92 Å². The molecule has 2 atom stereocenters. The maximum atomic E-state index is 13.6. The second-order valence-electron chi connectivity index (χ2n) is 6.36. The van der Waals surface area contributed by atoms with Gasteiger partial charge in [0.2, 0.25) is 17.9 Å². The molecule has 1 N–H and O–H groups in total. The number of anilines is 2. The lowest BCUT2D eigenvalue weighted by atomic mass is 9.88. The van der Waals surface area contributed by atoms with Gasteiger partial charge < -0.3 is 15.0 Å². The molecule has 0 radical (unpaired) electrons. The molecule has 0 spiro atoms. The molecule has 4 rings (SSSR count). The maximum absolute atomic E-state index is 13.6. The van der Waals surface area contributed by atoms with E-state index in [-0.39, 0.29) is 24.4 Å². The first kappa shape index (κ1) is 17.3. The number of para-hydroxylation sites is 1. The predicted octanol–water partition coefficient (Wildman–Crippen LogP) is 2.55. The molecule has 1 aromatic heterocycles. The number of fused-ring (bicyclic) bond motifs is 2. The number of nitrogens with zero attached hydrogens (tertiary/aromatic N) is 2. The third kappa shape index (κ3) is 3.09. The van der Waals surface area contributed by atoms with Crippen molar-refractivity contribution in [3.8, 4) is 5.75 Å². The Labute approximate surface area is 151 Å². The summed E-state index contributed by atoms with van der Waals surface area (Å²) in [5.41, 5.74) is 1.12. The van der Waals surface area contributed by atoms with Crippen LogP contribution in [-0.2, 0) is 16.0 Å². The van der Waals surface area contributed by atoms with Gasteiger partial charge in [0, 0.05) is 6.20 Å². The minimum atomic E-state index is -4.73. The zero-order valence-corrected chi connectivity index (χ0v) is 13.9. The number of pyridine rings is 1. The van der Waals surface area contributed by atoms with Crippen molar-refractivity contribution < 1.29 is 27.5 Å². The quantitative estimate of drug-likeness (QED) is 0.829. The van der Waals surface area contributed by atoms with Crippen molar-refractivity contribution in [3.05, 3.63) is 48.3 Å².